The predicted octanol–water partition coefficient (Wildman–Crippen LogP) is 4.77. The maximum Gasteiger partial charge on any atom is 0.431 e. The van der Waals surface area contributed by atoms with Crippen molar-refractivity contribution in [1.82, 2.24) is 19.6 Å². The van der Waals surface area contributed by atoms with E-state index in [0.29, 0.717) is 33.1 Å². The van der Waals surface area contributed by atoms with Gasteiger partial charge in [-0.2, -0.15) is 26.3 Å². The summed E-state index contributed by atoms with van der Waals surface area (Å²) in [5.74, 6) is -2.26. The van der Waals surface area contributed by atoms with Crippen LogP contribution in [0.2, 0.25) is 5.02 Å². The number of ether oxygens (including phenoxy) is 1. The highest BCUT2D eigenvalue weighted by atomic mass is 35.5. The summed E-state index contributed by atoms with van der Waals surface area (Å²) in [5.41, 5.74) is -5.38. The van der Waals surface area contributed by atoms with E-state index in [9.17, 15) is 63.3 Å². The lowest BCUT2D eigenvalue weighted by molar-refractivity contribution is -0.144. The molecule has 0 amide bonds. The molecule has 2 aromatic heterocycles. The highest BCUT2D eigenvalue weighted by Gasteiger charge is 2.37. The van der Waals surface area contributed by atoms with Crippen LogP contribution in [0.15, 0.2) is 67.7 Å². The first-order valence-corrected chi connectivity index (χ1v) is 20.8. The molecule has 4 N–H and O–H groups in total. The molecule has 2 aromatic carbocycles. The largest absolute Gasteiger partial charge is 0.480 e. The molecule has 0 bridgehead atoms. The van der Waals surface area contributed by atoms with Gasteiger partial charge in [-0.1, -0.05) is 16.8 Å². The predicted molar refractivity (Wildman–Crippen MR) is 197 cm³/mol. The number of hydrogen-bond acceptors (Lipinski definition) is 12. The summed E-state index contributed by atoms with van der Waals surface area (Å²) in [4.78, 5) is 74.6. The molecule has 4 aromatic rings. The van der Waals surface area contributed by atoms with Crippen molar-refractivity contribution < 1.29 is 77.9 Å². The second-order valence-corrected chi connectivity index (χ2v) is 17.0. The molecule has 0 spiro atoms. The molecule has 17 nitrogen and oxygen atoms in total. The number of benzene rings is 2. The molecule has 60 heavy (non-hydrogen) atoms. The maximum absolute atomic E-state index is 12.9. The van der Waals surface area contributed by atoms with Crippen LogP contribution in [0.4, 0.5) is 26.3 Å². The second-order valence-electron chi connectivity index (χ2n) is 13.0. The van der Waals surface area contributed by atoms with E-state index in [4.69, 9.17) is 35.8 Å². The number of ketones is 1. The molecule has 1 aliphatic carbocycles. The molecule has 1 aliphatic rings. The van der Waals surface area contributed by atoms with Crippen LogP contribution < -0.4 is 16.6 Å². The third-order valence-corrected chi connectivity index (χ3v) is 9.82. The van der Waals surface area contributed by atoms with Crippen molar-refractivity contribution >= 4 is 46.8 Å². The van der Waals surface area contributed by atoms with E-state index in [0.717, 1.165) is 38.3 Å². The number of nitrogens with one attached hydrogen (secondary N) is 1. The van der Waals surface area contributed by atoms with Crippen LogP contribution in [0.25, 0.3) is 5.69 Å². The van der Waals surface area contributed by atoms with Crippen molar-refractivity contribution in [1.29, 1.82) is 0 Å². The zero-order valence-corrected chi connectivity index (χ0v) is 33.8. The molecule has 5 rings (SSSR count). The number of hydrogen-bond donors (Lipinski definition) is 4. The number of alkyl halides is 6. The summed E-state index contributed by atoms with van der Waals surface area (Å²) in [7, 11) is -7.24. The Morgan fingerprint density at radius 2 is 1.62 bits per heavy atom. The maximum atomic E-state index is 12.9. The number of rotatable bonds is 11. The number of nitrogens with zero attached hydrogens (tertiary/aromatic N) is 3. The Morgan fingerprint density at radius 1 is 1.00 bits per heavy atom. The van der Waals surface area contributed by atoms with Gasteiger partial charge in [0.2, 0.25) is 0 Å². The molecule has 0 atom stereocenters. The zero-order valence-electron chi connectivity index (χ0n) is 31.4. The average molecular weight is 919 g/mol. The summed E-state index contributed by atoms with van der Waals surface area (Å²) in [6.45, 7) is 2.79. The van der Waals surface area contributed by atoms with E-state index >= 15 is 0 Å². The number of sulfone groups is 1. The molecule has 328 valence electrons. The van der Waals surface area contributed by atoms with Crippen LogP contribution in [-0.2, 0) is 43.3 Å². The molecular formula is C34H34ClF6N4O13PS. The van der Waals surface area contributed by atoms with Gasteiger partial charge >= 0.3 is 37.6 Å². The quantitative estimate of drug-likeness (QED) is 0.0684. The number of carbonyl (C=O) groups is 3. The van der Waals surface area contributed by atoms with Gasteiger partial charge in [-0.3, -0.25) is 28.8 Å². The smallest absolute Gasteiger partial charge is 0.431 e. The van der Waals surface area contributed by atoms with E-state index in [1.807, 2.05) is 0 Å². The van der Waals surface area contributed by atoms with Crippen LogP contribution in [0.1, 0.15) is 75.9 Å². The average Bonchev–Trinajstić information content (AvgIpc) is 3.83. The monoisotopic (exact) mass is 918 g/mol. The first kappa shape index (κ1) is 49.2. The van der Waals surface area contributed by atoms with Gasteiger partial charge in [0.1, 0.15) is 5.69 Å². The van der Waals surface area contributed by atoms with Gasteiger partial charge in [0.15, 0.2) is 21.4 Å². The third kappa shape index (κ3) is 13.4. The van der Waals surface area contributed by atoms with Gasteiger partial charge in [0, 0.05) is 30.9 Å². The summed E-state index contributed by atoms with van der Waals surface area (Å²) >= 11 is 5.94. The number of aromatic nitrogens is 3. The number of aliphatic carboxylic acids is 1. The molecular weight excluding hydrogens is 885 g/mol. The van der Waals surface area contributed by atoms with Gasteiger partial charge in [-0.25, -0.2) is 22.6 Å². The lowest BCUT2D eigenvalue weighted by Crippen LogP contribution is -2.40. The van der Waals surface area contributed by atoms with E-state index in [1.165, 1.54) is 18.3 Å². The van der Waals surface area contributed by atoms with Gasteiger partial charge < -0.3 is 24.2 Å². The molecule has 26 heteroatoms. The number of esters is 1. The van der Waals surface area contributed by atoms with E-state index in [2.05, 4.69) is 10.5 Å². The topological polar surface area (TPSA) is 254 Å². The van der Waals surface area contributed by atoms with Gasteiger partial charge in [0.25, 0.3) is 5.56 Å². The van der Waals surface area contributed by atoms with Gasteiger partial charge in [-0.15, -0.1) is 0 Å². The Labute approximate surface area is 339 Å². The molecule has 1 fully saturated rings. The number of carboxylic acid groups (broad SMARTS) is 1. The fraction of sp³-hybridized carbons (Fsp3) is 0.353. The standard InChI is InChI=1S/C16H14ClF3N2O4.C15H12F3NO4S.C3H8NO5P/c1-8(2)26-14(24)10-6-9(4-5-11(10)17)22-13(23)7-12(16(18,19)20)21(3)15(22)25;1-24(21,22)12-6-9(15(16,17)18)4-5-10(12)13(20)11-7-19-23-14(11)8-2-3-8;5-3(6)1-4-2-10(7,8)9/h4-8H,1-3H3;4-8H,2-3H2,1H3;4H,1-2H2,(H,5,6)(H2,7,8,9). The Kier molecular flexibility index (Phi) is 15.6. The van der Waals surface area contributed by atoms with Gasteiger partial charge in [-0.05, 0) is 63.1 Å². The number of halogens is 7. The van der Waals surface area contributed by atoms with Crippen LogP contribution in [0.5, 0.6) is 0 Å². The van der Waals surface area contributed by atoms with Crippen LogP contribution in [0.3, 0.4) is 0 Å². The highest BCUT2D eigenvalue weighted by molar-refractivity contribution is 7.90. The van der Waals surface area contributed by atoms with Crippen molar-refractivity contribution in [3.8, 4) is 5.69 Å². The highest BCUT2D eigenvalue weighted by Crippen LogP contribution is 2.42. The Balaban J connectivity index is 0.000000263. The van der Waals surface area contributed by atoms with Crippen molar-refractivity contribution in [2.75, 3.05) is 19.1 Å². The molecule has 0 radical (unpaired) electrons. The minimum Gasteiger partial charge on any atom is -0.480 e. The first-order chi connectivity index (χ1) is 27.4. The van der Waals surface area contributed by atoms with Crippen molar-refractivity contribution in [2.45, 2.75) is 56.0 Å². The first-order valence-electron chi connectivity index (χ1n) is 16.7. The fourth-order valence-corrected chi connectivity index (χ4v) is 6.43. The molecule has 2 heterocycles. The molecule has 0 unspecified atom stereocenters. The third-order valence-electron chi connectivity index (χ3n) is 7.72. The van der Waals surface area contributed by atoms with Crippen molar-refractivity contribution in [3.05, 3.63) is 108 Å². The fourth-order valence-electron chi connectivity index (χ4n) is 4.93. The Hall–Kier alpha value is -5.13. The summed E-state index contributed by atoms with van der Waals surface area (Å²) in [5, 5.41) is 13.6. The molecule has 0 saturated heterocycles. The molecule has 0 aliphatic heterocycles. The van der Waals surface area contributed by atoms with E-state index in [1.54, 1.807) is 13.8 Å². The Bertz CT molecular complexity index is 2540. The Morgan fingerprint density at radius 3 is 2.12 bits per heavy atom. The summed E-state index contributed by atoms with van der Waals surface area (Å²) < 4.78 is 122. The SMILES string of the molecule is CC(C)OC(=O)c1cc(-n2c(=O)cc(C(F)(F)F)n(C)c2=O)ccc1Cl.CS(=O)(=O)c1cc(C(F)(F)F)ccc1C(=O)c1cnoc1C1CC1.O=C(O)CNCP(=O)(O)O. The minimum absolute atomic E-state index is 0.0104. The van der Waals surface area contributed by atoms with Gasteiger partial charge in [0.05, 0.1) is 57.4 Å². The normalized spacial score (nSPS) is 13.2. The van der Waals surface area contributed by atoms with Crippen LogP contribution in [0, 0.1) is 0 Å². The zero-order chi connectivity index (χ0) is 45.7. The van der Waals surface area contributed by atoms with E-state index < -0.39 is 93.8 Å². The lowest BCUT2D eigenvalue weighted by Gasteiger charge is -2.15. The minimum atomic E-state index is -4.86. The van der Waals surface area contributed by atoms with Crippen molar-refractivity contribution in [2.24, 2.45) is 7.05 Å². The van der Waals surface area contributed by atoms with Crippen LogP contribution >= 0.6 is 19.2 Å². The van der Waals surface area contributed by atoms with Crippen molar-refractivity contribution in [3.63, 3.8) is 0 Å². The molecule has 1 saturated carbocycles. The number of carbonyl (C=O) groups excluding carboxylic acids is 2. The second kappa shape index (κ2) is 19.1. The summed E-state index contributed by atoms with van der Waals surface area (Å²) in [6, 6.07) is 5.96. The summed E-state index contributed by atoms with van der Waals surface area (Å²) in [6.07, 6.45) is -7.05. The van der Waals surface area contributed by atoms with Crippen LogP contribution in [-0.4, -0.2) is 80.5 Å². The number of carboxylic acids is 1. The van der Waals surface area contributed by atoms with E-state index in [-0.39, 0.29) is 33.3 Å². The lowest BCUT2D eigenvalue weighted by atomic mass is 10.0.